The highest BCUT2D eigenvalue weighted by molar-refractivity contribution is 7.87. The van der Waals surface area contributed by atoms with Crippen LogP contribution < -0.4 is 20.7 Å². The average molecular weight is 856 g/mol. The van der Waals surface area contributed by atoms with Crippen molar-refractivity contribution in [3.8, 4) is 0 Å². The Morgan fingerprint density at radius 3 is 1.97 bits per heavy atom. The molecule has 2 spiro atoms. The predicted molar refractivity (Wildman–Crippen MR) is 229 cm³/mol. The third-order valence-corrected chi connectivity index (χ3v) is 18.2. The van der Waals surface area contributed by atoms with Crippen molar-refractivity contribution < 1.29 is 32.4 Å². The molecule has 4 N–H and O–H groups in total. The van der Waals surface area contributed by atoms with Gasteiger partial charge in [-0.3, -0.25) is 28.9 Å². The largest absolute Gasteiger partial charge is 0.343 e. The Morgan fingerprint density at radius 1 is 0.783 bits per heavy atom. The lowest BCUT2D eigenvalue weighted by molar-refractivity contribution is -0.145. The number of carbonyl (C=O) groups excluding carboxylic acids is 5. The first-order valence-electron chi connectivity index (χ1n) is 23.1. The number of likely N-dealkylation sites (tertiary alicyclic amines) is 2. The van der Waals surface area contributed by atoms with E-state index < -0.39 is 57.0 Å². The standard InChI is InChI=1S/C45H73N7O7S/c1-9-31-26-45(31,40(57)49-60(58,59)50-23-15-16-24-50)48-37(54)33-27-44(42(7,8)43(44)21-17-22-43)28-52(33)39(56)35(41(4,5)6)47-38(55)34(30-18-11-10-12-19-30)46-36(53)32-20-13-14-25-51(32)29(2)3/h9,29-35H,1,10-28H2,2-8H3,(H,46,53)(H,47,55)(H,48,54)(H,49,57)/t31-,32-,33+,34+,35-,44-,45-/m1/s1. The van der Waals surface area contributed by atoms with Crippen LogP contribution in [0.4, 0.5) is 0 Å². The number of amides is 5. The molecular formula is C45H73N7O7S. The summed E-state index contributed by atoms with van der Waals surface area (Å²) in [7, 11) is -4.11. The summed E-state index contributed by atoms with van der Waals surface area (Å²) in [6, 6.07) is -2.92. The molecule has 3 saturated heterocycles. The number of nitrogens with one attached hydrogen (secondary N) is 4. The van der Waals surface area contributed by atoms with Gasteiger partial charge in [0.2, 0.25) is 23.6 Å². The zero-order valence-electron chi connectivity index (χ0n) is 37.4. The lowest BCUT2D eigenvalue weighted by Gasteiger charge is -2.40. The molecule has 5 amide bonds. The van der Waals surface area contributed by atoms with Gasteiger partial charge in [0.25, 0.3) is 5.91 Å². The molecule has 3 aliphatic heterocycles. The van der Waals surface area contributed by atoms with Gasteiger partial charge in [0.15, 0.2) is 0 Å². The molecular weight excluding hydrogens is 783 g/mol. The highest BCUT2D eigenvalue weighted by Crippen LogP contribution is 2.88. The predicted octanol–water partition coefficient (Wildman–Crippen LogP) is 4.16. The Kier molecular flexibility index (Phi) is 12.2. The maximum Gasteiger partial charge on any atom is 0.303 e. The third kappa shape index (κ3) is 7.62. The lowest BCUT2D eigenvalue weighted by atomic mass is 9.73. The normalized spacial score (nSPS) is 32.5. The summed E-state index contributed by atoms with van der Waals surface area (Å²) in [6.45, 7) is 20.0. The minimum Gasteiger partial charge on any atom is -0.343 e. The number of carbonyl (C=O) groups is 5. The fourth-order valence-corrected chi connectivity index (χ4v) is 13.9. The Morgan fingerprint density at radius 2 is 1.42 bits per heavy atom. The number of fused-ring (bicyclic) bond motifs is 1. The van der Waals surface area contributed by atoms with Crippen LogP contribution in [0.15, 0.2) is 12.7 Å². The van der Waals surface area contributed by atoms with Crippen molar-refractivity contribution in [1.29, 1.82) is 0 Å². The molecule has 60 heavy (non-hydrogen) atoms. The van der Waals surface area contributed by atoms with E-state index in [0.29, 0.717) is 38.9 Å². The smallest absolute Gasteiger partial charge is 0.303 e. The zero-order valence-corrected chi connectivity index (χ0v) is 38.2. The van der Waals surface area contributed by atoms with Crippen LogP contribution in [0.3, 0.4) is 0 Å². The number of rotatable bonds is 13. The average Bonchev–Trinajstić information content (AvgIpc) is 3.63. The Bertz CT molecular complexity index is 1830. The van der Waals surface area contributed by atoms with Crippen LogP contribution in [0, 0.1) is 33.5 Å². The van der Waals surface area contributed by atoms with Gasteiger partial charge in [-0.05, 0) is 107 Å². The summed E-state index contributed by atoms with van der Waals surface area (Å²) >= 11 is 0. The van der Waals surface area contributed by atoms with Gasteiger partial charge in [0.05, 0.1) is 6.04 Å². The van der Waals surface area contributed by atoms with Gasteiger partial charge in [-0.1, -0.05) is 72.8 Å². The van der Waals surface area contributed by atoms with Crippen LogP contribution in [0.5, 0.6) is 0 Å². The van der Waals surface area contributed by atoms with Gasteiger partial charge in [0.1, 0.15) is 23.7 Å². The molecule has 0 aromatic rings. The second kappa shape index (κ2) is 16.3. The maximum absolute atomic E-state index is 15.3. The van der Waals surface area contributed by atoms with E-state index in [0.717, 1.165) is 77.2 Å². The van der Waals surface area contributed by atoms with E-state index in [1.165, 1.54) is 4.31 Å². The Labute approximate surface area is 358 Å². The summed E-state index contributed by atoms with van der Waals surface area (Å²) < 4.78 is 29.9. The fourth-order valence-electron chi connectivity index (χ4n) is 12.6. The fraction of sp³-hybridized carbons (Fsp3) is 0.844. The van der Waals surface area contributed by atoms with Crippen LogP contribution in [-0.2, 0) is 34.2 Å². The third-order valence-electron chi connectivity index (χ3n) is 16.7. The summed E-state index contributed by atoms with van der Waals surface area (Å²) in [5.41, 5.74) is -2.79. The van der Waals surface area contributed by atoms with Crippen molar-refractivity contribution in [2.45, 2.75) is 181 Å². The van der Waals surface area contributed by atoms with Crippen LogP contribution in [0.1, 0.15) is 145 Å². The summed E-state index contributed by atoms with van der Waals surface area (Å²) in [4.78, 5) is 76.6. The van der Waals surface area contributed by atoms with E-state index in [1.807, 2.05) is 20.8 Å². The monoisotopic (exact) mass is 856 g/mol. The van der Waals surface area contributed by atoms with Gasteiger partial charge < -0.3 is 20.9 Å². The molecule has 336 valence electrons. The zero-order chi connectivity index (χ0) is 43.6. The number of nitrogens with zero attached hydrogens (tertiary/aromatic N) is 3. The molecule has 0 aromatic carbocycles. The van der Waals surface area contributed by atoms with Gasteiger partial charge >= 0.3 is 10.2 Å². The second-order valence-electron chi connectivity index (χ2n) is 21.4. The number of hydrogen-bond acceptors (Lipinski definition) is 8. The van der Waals surface area contributed by atoms with Crippen molar-refractivity contribution in [1.82, 2.24) is 34.8 Å². The van der Waals surface area contributed by atoms with Gasteiger partial charge in [-0.2, -0.15) is 12.7 Å². The molecule has 0 aromatic heterocycles. The van der Waals surface area contributed by atoms with Crippen molar-refractivity contribution >= 4 is 39.7 Å². The van der Waals surface area contributed by atoms with Crippen LogP contribution in [0.25, 0.3) is 0 Å². The molecule has 0 radical (unpaired) electrons. The van der Waals surface area contributed by atoms with Gasteiger partial charge in [-0.25, -0.2) is 4.72 Å². The van der Waals surface area contributed by atoms with Crippen molar-refractivity contribution in [3.05, 3.63) is 12.7 Å². The Hall–Kier alpha value is -3.04. The molecule has 7 atom stereocenters. The summed E-state index contributed by atoms with van der Waals surface area (Å²) in [6.07, 6.45) is 14.0. The topological polar surface area (TPSA) is 177 Å². The van der Waals surface area contributed by atoms with Crippen molar-refractivity contribution in [3.63, 3.8) is 0 Å². The van der Waals surface area contributed by atoms with E-state index >= 15 is 4.79 Å². The van der Waals surface area contributed by atoms with Gasteiger partial charge in [0, 0.05) is 37.0 Å². The molecule has 15 heteroatoms. The van der Waals surface area contributed by atoms with E-state index in [4.69, 9.17) is 0 Å². The molecule has 7 rings (SSSR count). The van der Waals surface area contributed by atoms with E-state index in [2.05, 4.69) is 59.8 Å². The molecule has 4 saturated carbocycles. The maximum atomic E-state index is 15.3. The van der Waals surface area contributed by atoms with Crippen LogP contribution >= 0.6 is 0 Å². The van der Waals surface area contributed by atoms with Crippen LogP contribution in [0.2, 0.25) is 0 Å². The summed E-state index contributed by atoms with van der Waals surface area (Å²) in [5, 5.41) is 9.34. The molecule has 7 fully saturated rings. The van der Waals surface area contributed by atoms with Crippen molar-refractivity contribution in [2.24, 2.45) is 33.5 Å². The number of hydrogen-bond donors (Lipinski definition) is 4. The van der Waals surface area contributed by atoms with E-state index in [9.17, 15) is 27.6 Å². The lowest BCUT2D eigenvalue weighted by Crippen LogP contribution is -2.63. The molecule has 14 nitrogen and oxygen atoms in total. The second-order valence-corrected chi connectivity index (χ2v) is 23.1. The first kappa shape index (κ1) is 45.0. The Balaban J connectivity index is 1.15. The highest BCUT2D eigenvalue weighted by atomic mass is 32.2. The quantitative estimate of drug-likeness (QED) is 0.200. The number of piperidine rings is 1. The van der Waals surface area contributed by atoms with E-state index in [1.54, 1.807) is 11.0 Å². The van der Waals surface area contributed by atoms with Crippen molar-refractivity contribution in [2.75, 3.05) is 26.2 Å². The molecule has 0 bridgehead atoms. The first-order chi connectivity index (χ1) is 28.2. The molecule has 0 unspecified atom stereocenters. The van der Waals surface area contributed by atoms with Gasteiger partial charge in [-0.15, -0.1) is 6.58 Å². The molecule has 7 aliphatic rings. The molecule has 3 heterocycles. The first-order valence-corrected chi connectivity index (χ1v) is 24.5. The summed E-state index contributed by atoms with van der Waals surface area (Å²) in [5.74, 6) is -2.76. The van der Waals surface area contributed by atoms with E-state index in [-0.39, 0.29) is 58.4 Å². The van der Waals surface area contributed by atoms with Crippen LogP contribution in [-0.4, -0.2) is 114 Å². The SMILES string of the molecule is C=C[C@@H]1C[C@]1(NC(=O)[C@@H]1C[C@@]2(CN1C(=O)[C@@H](NC(=O)[C@@H](NC(=O)[C@H]1CCCCN1C(C)C)C1CCCCC1)C(C)(C)C)C(C)(C)C21CCC1)C(=O)NS(=O)(=O)N1CCCC1. The highest BCUT2D eigenvalue weighted by Gasteiger charge is 2.85. The minimum absolute atomic E-state index is 0.0184. The minimum atomic E-state index is -4.11. The molecule has 4 aliphatic carbocycles.